The Morgan fingerprint density at radius 3 is 3.11 bits per heavy atom. The van der Waals surface area contributed by atoms with E-state index in [1.54, 1.807) is 18.2 Å². The van der Waals surface area contributed by atoms with Crippen LogP contribution < -0.4 is 15.4 Å². The van der Waals surface area contributed by atoms with E-state index in [1.807, 2.05) is 6.92 Å². The third kappa shape index (κ3) is 3.85. The minimum Gasteiger partial charge on any atom is -0.492 e. The number of amides is 1. The normalized spacial score (nSPS) is 18.9. The SMILES string of the molecule is CCOc1ccc(Cl)cc1NC(=O)[C@@H]1CCCNC1. The van der Waals surface area contributed by atoms with E-state index in [1.165, 1.54) is 0 Å². The van der Waals surface area contributed by atoms with Gasteiger partial charge in [0.05, 0.1) is 18.2 Å². The second-order valence-corrected chi connectivity index (χ2v) is 5.04. The number of hydrogen-bond acceptors (Lipinski definition) is 3. The second kappa shape index (κ2) is 6.78. The number of piperidine rings is 1. The molecule has 1 aromatic carbocycles. The fraction of sp³-hybridized carbons (Fsp3) is 0.500. The fourth-order valence-electron chi connectivity index (χ4n) is 2.19. The summed E-state index contributed by atoms with van der Waals surface area (Å²) in [6, 6.07) is 5.26. The largest absolute Gasteiger partial charge is 0.492 e. The number of anilines is 1. The van der Waals surface area contributed by atoms with Crippen LogP contribution in [0.1, 0.15) is 19.8 Å². The second-order valence-electron chi connectivity index (χ2n) is 4.61. The lowest BCUT2D eigenvalue weighted by atomic mass is 9.99. The third-order valence-corrected chi connectivity index (χ3v) is 3.40. The standard InChI is InChI=1S/C14H19ClN2O2/c1-2-19-13-6-5-11(15)8-12(13)17-14(18)10-4-3-7-16-9-10/h5-6,8,10,16H,2-4,7,9H2,1H3,(H,17,18)/t10-/m1/s1. The number of halogens is 1. The molecule has 2 N–H and O–H groups in total. The summed E-state index contributed by atoms with van der Waals surface area (Å²) < 4.78 is 5.49. The first-order valence-corrected chi connectivity index (χ1v) is 7.02. The summed E-state index contributed by atoms with van der Waals surface area (Å²) in [7, 11) is 0. The van der Waals surface area contributed by atoms with E-state index in [2.05, 4.69) is 10.6 Å². The van der Waals surface area contributed by atoms with E-state index in [4.69, 9.17) is 16.3 Å². The average Bonchev–Trinajstić information content (AvgIpc) is 2.43. The third-order valence-electron chi connectivity index (χ3n) is 3.17. The van der Waals surface area contributed by atoms with Crippen molar-refractivity contribution >= 4 is 23.2 Å². The first-order valence-electron chi connectivity index (χ1n) is 6.64. The van der Waals surface area contributed by atoms with Crippen molar-refractivity contribution in [2.75, 3.05) is 25.0 Å². The molecule has 1 atom stereocenters. The predicted octanol–water partition coefficient (Wildman–Crippen LogP) is 2.68. The van der Waals surface area contributed by atoms with Gasteiger partial charge < -0.3 is 15.4 Å². The smallest absolute Gasteiger partial charge is 0.228 e. The molecule has 0 radical (unpaired) electrons. The topological polar surface area (TPSA) is 50.4 Å². The van der Waals surface area contributed by atoms with E-state index < -0.39 is 0 Å². The first kappa shape index (κ1) is 14.2. The maximum Gasteiger partial charge on any atom is 0.228 e. The molecule has 104 valence electrons. The molecule has 1 amide bonds. The Kier molecular flexibility index (Phi) is 5.05. The first-order chi connectivity index (χ1) is 9.20. The van der Waals surface area contributed by atoms with Gasteiger partial charge in [-0.25, -0.2) is 0 Å². The van der Waals surface area contributed by atoms with Gasteiger partial charge >= 0.3 is 0 Å². The van der Waals surface area contributed by atoms with E-state index in [0.29, 0.717) is 23.1 Å². The zero-order valence-corrected chi connectivity index (χ0v) is 11.8. The summed E-state index contributed by atoms with van der Waals surface area (Å²) in [6.07, 6.45) is 1.95. The van der Waals surface area contributed by atoms with Crippen molar-refractivity contribution in [3.63, 3.8) is 0 Å². The van der Waals surface area contributed by atoms with Crippen LogP contribution >= 0.6 is 11.6 Å². The summed E-state index contributed by atoms with van der Waals surface area (Å²) in [5.74, 6) is 0.696. The van der Waals surface area contributed by atoms with Crippen molar-refractivity contribution in [1.29, 1.82) is 0 Å². The Balaban J connectivity index is 2.08. The van der Waals surface area contributed by atoms with Crippen LogP contribution in [0.3, 0.4) is 0 Å². The van der Waals surface area contributed by atoms with Crippen LogP contribution in [0.15, 0.2) is 18.2 Å². The molecule has 5 heteroatoms. The number of ether oxygens (including phenoxy) is 1. The lowest BCUT2D eigenvalue weighted by molar-refractivity contribution is -0.120. The van der Waals surface area contributed by atoms with Crippen LogP contribution in [0.25, 0.3) is 0 Å². The summed E-state index contributed by atoms with van der Waals surface area (Å²) >= 11 is 5.97. The lowest BCUT2D eigenvalue weighted by Gasteiger charge is -2.22. The van der Waals surface area contributed by atoms with Gasteiger partial charge in [0.1, 0.15) is 5.75 Å². The van der Waals surface area contributed by atoms with Crippen LogP contribution in [-0.4, -0.2) is 25.6 Å². The van der Waals surface area contributed by atoms with Crippen LogP contribution in [0.5, 0.6) is 5.75 Å². The zero-order valence-electron chi connectivity index (χ0n) is 11.0. The number of rotatable bonds is 4. The molecular weight excluding hydrogens is 264 g/mol. The van der Waals surface area contributed by atoms with Crippen molar-refractivity contribution in [1.82, 2.24) is 5.32 Å². The highest BCUT2D eigenvalue weighted by molar-refractivity contribution is 6.31. The fourth-order valence-corrected chi connectivity index (χ4v) is 2.36. The Labute approximate surface area is 118 Å². The molecule has 19 heavy (non-hydrogen) atoms. The molecule has 1 aliphatic heterocycles. The van der Waals surface area contributed by atoms with Gasteiger partial charge in [-0.3, -0.25) is 4.79 Å². The summed E-state index contributed by atoms with van der Waals surface area (Å²) in [5, 5.41) is 6.74. The minimum atomic E-state index is 0.0159. The monoisotopic (exact) mass is 282 g/mol. The van der Waals surface area contributed by atoms with E-state index in [9.17, 15) is 4.79 Å². The van der Waals surface area contributed by atoms with E-state index in [0.717, 1.165) is 25.9 Å². The van der Waals surface area contributed by atoms with E-state index in [-0.39, 0.29) is 11.8 Å². The minimum absolute atomic E-state index is 0.0159. The van der Waals surface area contributed by atoms with Crippen molar-refractivity contribution in [3.8, 4) is 5.75 Å². The molecule has 0 aromatic heterocycles. The Bertz CT molecular complexity index is 445. The van der Waals surface area contributed by atoms with Gasteiger partial charge in [-0.1, -0.05) is 11.6 Å². The van der Waals surface area contributed by atoms with Gasteiger partial charge in [0.15, 0.2) is 0 Å². The number of benzene rings is 1. The molecule has 0 bridgehead atoms. The van der Waals surface area contributed by atoms with Crippen molar-refractivity contribution in [3.05, 3.63) is 23.2 Å². The summed E-state index contributed by atoms with van der Waals surface area (Å²) in [5.41, 5.74) is 0.643. The maximum atomic E-state index is 12.2. The number of carbonyl (C=O) groups is 1. The van der Waals surface area contributed by atoms with Crippen molar-refractivity contribution in [2.45, 2.75) is 19.8 Å². The molecule has 1 aliphatic rings. The molecule has 4 nitrogen and oxygen atoms in total. The average molecular weight is 283 g/mol. The highest BCUT2D eigenvalue weighted by Gasteiger charge is 2.21. The van der Waals surface area contributed by atoms with Gasteiger partial charge in [0.25, 0.3) is 0 Å². The molecule has 2 rings (SSSR count). The van der Waals surface area contributed by atoms with Crippen LogP contribution in [0.4, 0.5) is 5.69 Å². The van der Waals surface area contributed by atoms with Gasteiger partial charge in [0, 0.05) is 11.6 Å². The van der Waals surface area contributed by atoms with E-state index >= 15 is 0 Å². The Hall–Kier alpha value is -1.26. The van der Waals surface area contributed by atoms with Crippen LogP contribution in [0, 0.1) is 5.92 Å². The molecular formula is C14H19ClN2O2. The van der Waals surface area contributed by atoms with Gasteiger partial charge in [0.2, 0.25) is 5.91 Å². The molecule has 0 unspecified atom stereocenters. The van der Waals surface area contributed by atoms with Gasteiger partial charge in [-0.15, -0.1) is 0 Å². The van der Waals surface area contributed by atoms with Crippen molar-refractivity contribution < 1.29 is 9.53 Å². The molecule has 0 saturated carbocycles. The van der Waals surface area contributed by atoms with Crippen LogP contribution in [0.2, 0.25) is 5.02 Å². The van der Waals surface area contributed by atoms with Gasteiger partial charge in [-0.2, -0.15) is 0 Å². The molecule has 1 heterocycles. The molecule has 0 spiro atoms. The van der Waals surface area contributed by atoms with Gasteiger partial charge in [-0.05, 0) is 44.5 Å². The molecule has 0 aliphatic carbocycles. The quantitative estimate of drug-likeness (QED) is 0.893. The lowest BCUT2D eigenvalue weighted by Crippen LogP contribution is -2.37. The van der Waals surface area contributed by atoms with Crippen molar-refractivity contribution in [2.24, 2.45) is 5.92 Å². The number of hydrogen-bond donors (Lipinski definition) is 2. The number of nitrogens with one attached hydrogen (secondary N) is 2. The summed E-state index contributed by atoms with van der Waals surface area (Å²) in [4.78, 5) is 12.2. The maximum absolute atomic E-state index is 12.2. The number of carbonyl (C=O) groups excluding carboxylic acids is 1. The summed E-state index contributed by atoms with van der Waals surface area (Å²) in [6.45, 7) is 4.18. The molecule has 1 saturated heterocycles. The molecule has 1 aromatic rings. The Morgan fingerprint density at radius 1 is 1.58 bits per heavy atom. The zero-order chi connectivity index (χ0) is 13.7. The highest BCUT2D eigenvalue weighted by atomic mass is 35.5. The molecule has 1 fully saturated rings. The highest BCUT2D eigenvalue weighted by Crippen LogP contribution is 2.28. The van der Waals surface area contributed by atoms with Crippen LogP contribution in [-0.2, 0) is 4.79 Å². The predicted molar refractivity (Wildman–Crippen MR) is 76.8 cm³/mol. The Morgan fingerprint density at radius 2 is 2.42 bits per heavy atom.